The zero-order valence-corrected chi connectivity index (χ0v) is 14.2. The third-order valence-electron chi connectivity index (χ3n) is 3.82. The zero-order valence-electron chi connectivity index (χ0n) is 14.2. The first-order chi connectivity index (χ1) is 12.5. The lowest BCUT2D eigenvalue weighted by Crippen LogP contribution is -2.15. The Morgan fingerprint density at radius 1 is 1.31 bits per heavy atom. The third-order valence-corrected chi connectivity index (χ3v) is 3.82. The van der Waals surface area contributed by atoms with Gasteiger partial charge in [-0.25, -0.2) is 0 Å². The molecule has 0 saturated heterocycles. The monoisotopic (exact) mass is 354 g/mol. The molecule has 0 spiro atoms. The molecular formula is C17H18N6O3. The number of aryl methyl sites for hydroxylation is 2. The average molecular weight is 354 g/mol. The van der Waals surface area contributed by atoms with Gasteiger partial charge < -0.3 is 15.4 Å². The number of nitro groups is 1. The van der Waals surface area contributed by atoms with Crippen molar-refractivity contribution in [2.75, 3.05) is 5.32 Å². The van der Waals surface area contributed by atoms with Crippen LogP contribution in [0.4, 0.5) is 11.5 Å². The minimum atomic E-state index is -0.547. The number of hydrogen-bond acceptors (Lipinski definition) is 5. The third kappa shape index (κ3) is 4.32. The molecule has 1 aromatic carbocycles. The molecule has 9 heteroatoms. The van der Waals surface area contributed by atoms with Crippen LogP contribution in [0, 0.1) is 17.0 Å². The van der Waals surface area contributed by atoms with Gasteiger partial charge in [-0.2, -0.15) is 9.78 Å². The Morgan fingerprint density at radius 2 is 2.15 bits per heavy atom. The van der Waals surface area contributed by atoms with E-state index in [1.54, 1.807) is 17.8 Å². The molecule has 0 atom stereocenters. The molecular weight excluding hydrogens is 336 g/mol. The minimum Gasteiger partial charge on any atom is -0.358 e. The van der Waals surface area contributed by atoms with Crippen LogP contribution in [0.3, 0.4) is 0 Å². The Hall–Kier alpha value is -3.49. The number of rotatable bonds is 7. The summed E-state index contributed by atoms with van der Waals surface area (Å²) in [6, 6.07) is 10.8. The highest BCUT2D eigenvalue weighted by atomic mass is 16.6. The fourth-order valence-corrected chi connectivity index (χ4v) is 2.57. The lowest BCUT2D eigenvalue weighted by Gasteiger charge is -2.08. The molecule has 0 aliphatic carbocycles. The molecule has 9 nitrogen and oxygen atoms in total. The molecule has 2 heterocycles. The van der Waals surface area contributed by atoms with Gasteiger partial charge in [0.25, 0.3) is 0 Å². The van der Waals surface area contributed by atoms with E-state index in [4.69, 9.17) is 0 Å². The fraction of sp³-hybridized carbons (Fsp3) is 0.235. The van der Waals surface area contributed by atoms with Crippen LogP contribution in [0.25, 0.3) is 0 Å². The summed E-state index contributed by atoms with van der Waals surface area (Å²) in [5.41, 5.74) is 2.36. The number of nitrogens with one attached hydrogen (secondary N) is 1. The molecule has 3 aromatic rings. The summed E-state index contributed by atoms with van der Waals surface area (Å²) in [4.78, 5) is 22.4. The van der Waals surface area contributed by atoms with Crippen molar-refractivity contribution in [3.63, 3.8) is 0 Å². The van der Waals surface area contributed by atoms with Gasteiger partial charge in [-0.1, -0.05) is 12.1 Å². The quantitative estimate of drug-likeness (QED) is 0.518. The molecule has 0 aliphatic rings. The van der Waals surface area contributed by atoms with Gasteiger partial charge >= 0.3 is 5.82 Å². The predicted octanol–water partition coefficient (Wildman–Crippen LogP) is 2.37. The van der Waals surface area contributed by atoms with E-state index in [-0.39, 0.29) is 24.7 Å². The van der Waals surface area contributed by atoms with Gasteiger partial charge in [0.1, 0.15) is 0 Å². The Morgan fingerprint density at radius 3 is 2.85 bits per heavy atom. The van der Waals surface area contributed by atoms with Crippen molar-refractivity contribution < 1.29 is 9.72 Å². The molecule has 134 valence electrons. The van der Waals surface area contributed by atoms with Crippen molar-refractivity contribution in [3.8, 4) is 0 Å². The van der Waals surface area contributed by atoms with Crippen LogP contribution >= 0.6 is 0 Å². The van der Waals surface area contributed by atoms with Crippen LogP contribution in [0.2, 0.25) is 0 Å². The molecule has 0 bridgehead atoms. The first-order valence-corrected chi connectivity index (χ1v) is 8.06. The molecule has 1 N–H and O–H groups in total. The predicted molar refractivity (Wildman–Crippen MR) is 94.6 cm³/mol. The summed E-state index contributed by atoms with van der Waals surface area (Å²) < 4.78 is 3.26. The normalized spacial score (nSPS) is 10.7. The SMILES string of the molecule is Cc1cc([N+](=O)[O-])nn1CCC(=O)Nc1cccc(Cn2cccn2)c1. The molecule has 0 saturated carbocycles. The van der Waals surface area contributed by atoms with Crippen molar-refractivity contribution >= 4 is 17.4 Å². The van der Waals surface area contributed by atoms with Gasteiger partial charge in [-0.3, -0.25) is 9.48 Å². The molecule has 0 radical (unpaired) electrons. The van der Waals surface area contributed by atoms with E-state index >= 15 is 0 Å². The highest BCUT2D eigenvalue weighted by Crippen LogP contribution is 2.14. The van der Waals surface area contributed by atoms with Gasteiger partial charge in [0, 0.05) is 24.5 Å². The standard InChI is InChI=1S/C17H18N6O3/c1-13-10-16(23(25)26)20-22(13)9-6-17(24)19-15-5-2-4-14(11-15)12-21-8-3-7-18-21/h2-5,7-8,10-11H,6,9,12H2,1H3,(H,19,24). The summed E-state index contributed by atoms with van der Waals surface area (Å²) in [6.07, 6.45) is 3.76. The Labute approximate surface area is 149 Å². The number of anilines is 1. The van der Waals surface area contributed by atoms with Gasteiger partial charge in [-0.05, 0) is 35.6 Å². The Kier molecular flexibility index (Phi) is 5.07. The van der Waals surface area contributed by atoms with Crippen LogP contribution in [0.15, 0.2) is 48.8 Å². The van der Waals surface area contributed by atoms with E-state index in [0.29, 0.717) is 17.9 Å². The maximum Gasteiger partial charge on any atom is 0.390 e. The summed E-state index contributed by atoms with van der Waals surface area (Å²) in [7, 11) is 0. The van der Waals surface area contributed by atoms with Crippen LogP contribution < -0.4 is 5.32 Å². The van der Waals surface area contributed by atoms with Crippen molar-refractivity contribution in [1.82, 2.24) is 19.6 Å². The maximum atomic E-state index is 12.2. The summed E-state index contributed by atoms with van der Waals surface area (Å²) >= 11 is 0. The van der Waals surface area contributed by atoms with Crippen molar-refractivity contribution in [3.05, 3.63) is 70.2 Å². The molecule has 0 fully saturated rings. The van der Waals surface area contributed by atoms with Crippen LogP contribution in [-0.2, 0) is 17.9 Å². The van der Waals surface area contributed by atoms with Crippen LogP contribution in [0.1, 0.15) is 17.7 Å². The van der Waals surface area contributed by atoms with E-state index in [9.17, 15) is 14.9 Å². The first-order valence-electron chi connectivity index (χ1n) is 8.06. The van der Waals surface area contributed by atoms with Gasteiger partial charge in [0.05, 0.1) is 29.9 Å². The van der Waals surface area contributed by atoms with Gasteiger partial charge in [0.15, 0.2) is 0 Å². The van der Waals surface area contributed by atoms with Crippen molar-refractivity contribution in [2.45, 2.75) is 26.4 Å². The summed E-state index contributed by atoms with van der Waals surface area (Å²) in [6.45, 7) is 2.61. The lowest BCUT2D eigenvalue weighted by molar-refractivity contribution is -0.389. The lowest BCUT2D eigenvalue weighted by atomic mass is 10.2. The first kappa shape index (κ1) is 17.3. The largest absolute Gasteiger partial charge is 0.390 e. The minimum absolute atomic E-state index is 0.170. The van der Waals surface area contributed by atoms with Crippen LogP contribution in [0.5, 0.6) is 0 Å². The fourth-order valence-electron chi connectivity index (χ4n) is 2.57. The van der Waals surface area contributed by atoms with E-state index in [0.717, 1.165) is 5.56 Å². The molecule has 0 unspecified atom stereocenters. The molecule has 1 amide bonds. The van der Waals surface area contributed by atoms with Crippen molar-refractivity contribution in [2.24, 2.45) is 0 Å². The van der Waals surface area contributed by atoms with Gasteiger partial charge in [0.2, 0.25) is 5.91 Å². The summed E-state index contributed by atoms with van der Waals surface area (Å²) in [5, 5.41) is 21.6. The second kappa shape index (κ2) is 7.60. The second-order valence-corrected chi connectivity index (χ2v) is 5.83. The number of hydrogen-bond donors (Lipinski definition) is 1. The molecule has 2 aromatic heterocycles. The molecule has 3 rings (SSSR count). The second-order valence-electron chi connectivity index (χ2n) is 5.83. The smallest absolute Gasteiger partial charge is 0.358 e. The van der Waals surface area contributed by atoms with Gasteiger partial charge in [-0.15, -0.1) is 0 Å². The van der Waals surface area contributed by atoms with E-state index in [2.05, 4.69) is 15.5 Å². The zero-order chi connectivity index (χ0) is 18.5. The summed E-state index contributed by atoms with van der Waals surface area (Å²) in [5.74, 6) is -0.395. The highest BCUT2D eigenvalue weighted by Gasteiger charge is 2.16. The van der Waals surface area contributed by atoms with Crippen LogP contribution in [-0.4, -0.2) is 30.4 Å². The molecule has 26 heavy (non-hydrogen) atoms. The number of benzene rings is 1. The number of carbonyl (C=O) groups is 1. The number of aromatic nitrogens is 4. The maximum absolute atomic E-state index is 12.2. The van der Waals surface area contributed by atoms with E-state index in [1.165, 1.54) is 10.7 Å². The Balaban J connectivity index is 1.57. The van der Waals surface area contributed by atoms with E-state index in [1.807, 2.05) is 36.5 Å². The van der Waals surface area contributed by atoms with E-state index < -0.39 is 4.92 Å². The Bertz CT molecular complexity index is 916. The van der Waals surface area contributed by atoms with Crippen molar-refractivity contribution in [1.29, 1.82) is 0 Å². The highest BCUT2D eigenvalue weighted by molar-refractivity contribution is 5.90. The number of nitrogens with zero attached hydrogens (tertiary/aromatic N) is 5. The average Bonchev–Trinajstić information content (AvgIpc) is 3.23. The molecule has 0 aliphatic heterocycles. The number of carbonyl (C=O) groups excluding carboxylic acids is 1. The topological polar surface area (TPSA) is 108 Å². The number of amides is 1.